The summed E-state index contributed by atoms with van der Waals surface area (Å²) in [5.41, 5.74) is 4.59. The SMILES string of the molecule is O=C(O)CONC1=C2CC(C#CC(O)C3CCCC3)C(O)C2C1. The first-order valence-electron chi connectivity index (χ1n) is 8.25. The molecule has 4 unspecified atom stereocenters. The summed E-state index contributed by atoms with van der Waals surface area (Å²) in [4.78, 5) is 15.3. The van der Waals surface area contributed by atoms with Gasteiger partial charge < -0.3 is 15.3 Å². The number of hydroxylamine groups is 1. The first-order chi connectivity index (χ1) is 11.1. The Kier molecular flexibility index (Phi) is 4.90. The van der Waals surface area contributed by atoms with E-state index in [4.69, 9.17) is 9.94 Å². The van der Waals surface area contributed by atoms with Crippen molar-refractivity contribution >= 4 is 5.97 Å². The molecule has 6 nitrogen and oxygen atoms in total. The van der Waals surface area contributed by atoms with E-state index in [0.717, 1.165) is 37.0 Å². The fraction of sp³-hybridized carbons (Fsp3) is 0.706. The molecule has 0 bridgehead atoms. The van der Waals surface area contributed by atoms with Gasteiger partial charge in [0.15, 0.2) is 6.61 Å². The Morgan fingerprint density at radius 1 is 1.35 bits per heavy atom. The average Bonchev–Trinajstić information content (AvgIpc) is 3.10. The largest absolute Gasteiger partial charge is 0.479 e. The summed E-state index contributed by atoms with van der Waals surface area (Å²) < 4.78 is 0. The molecule has 0 amide bonds. The Labute approximate surface area is 135 Å². The highest BCUT2D eigenvalue weighted by atomic mass is 16.7. The lowest BCUT2D eigenvalue weighted by Gasteiger charge is -2.30. The predicted molar refractivity (Wildman–Crippen MR) is 81.7 cm³/mol. The van der Waals surface area contributed by atoms with E-state index in [1.807, 2.05) is 0 Å². The molecule has 0 aromatic rings. The van der Waals surface area contributed by atoms with Crippen molar-refractivity contribution in [1.29, 1.82) is 0 Å². The average molecular weight is 321 g/mol. The molecule has 0 radical (unpaired) electrons. The third-order valence-electron chi connectivity index (χ3n) is 5.18. The zero-order valence-electron chi connectivity index (χ0n) is 13.0. The van der Waals surface area contributed by atoms with Gasteiger partial charge in [-0.1, -0.05) is 24.7 Å². The van der Waals surface area contributed by atoms with E-state index in [1.54, 1.807) is 0 Å². The summed E-state index contributed by atoms with van der Waals surface area (Å²) in [5, 5.41) is 29.0. The molecule has 2 fully saturated rings. The number of hydrogen-bond donors (Lipinski definition) is 4. The van der Waals surface area contributed by atoms with Crippen molar-refractivity contribution in [2.75, 3.05) is 6.61 Å². The van der Waals surface area contributed by atoms with E-state index in [0.29, 0.717) is 12.8 Å². The second-order valence-corrected chi connectivity index (χ2v) is 6.68. The molecule has 0 spiro atoms. The summed E-state index contributed by atoms with van der Waals surface area (Å²) in [5.74, 6) is 5.15. The van der Waals surface area contributed by atoms with E-state index < -0.39 is 24.8 Å². The van der Waals surface area contributed by atoms with E-state index in [9.17, 15) is 15.0 Å². The zero-order chi connectivity index (χ0) is 16.4. The normalized spacial score (nSPS) is 31.1. The Morgan fingerprint density at radius 2 is 2.09 bits per heavy atom. The summed E-state index contributed by atoms with van der Waals surface area (Å²) >= 11 is 0. The fourth-order valence-electron chi connectivity index (χ4n) is 3.82. The Hall–Kier alpha value is -1.55. The minimum absolute atomic E-state index is 0.0776. The topological polar surface area (TPSA) is 99.0 Å². The maximum absolute atomic E-state index is 10.4. The second-order valence-electron chi connectivity index (χ2n) is 6.68. The summed E-state index contributed by atoms with van der Waals surface area (Å²) in [6, 6.07) is 0. The van der Waals surface area contributed by atoms with E-state index in [1.165, 1.54) is 0 Å². The van der Waals surface area contributed by atoms with Crippen molar-refractivity contribution in [1.82, 2.24) is 5.48 Å². The number of carboxylic acid groups (broad SMARTS) is 1. The lowest BCUT2D eigenvalue weighted by Crippen LogP contribution is -2.32. The van der Waals surface area contributed by atoms with Crippen LogP contribution in [0.3, 0.4) is 0 Å². The van der Waals surface area contributed by atoms with Crippen molar-refractivity contribution in [3.05, 3.63) is 11.3 Å². The number of carbonyl (C=O) groups is 1. The van der Waals surface area contributed by atoms with Crippen LogP contribution in [0, 0.1) is 29.6 Å². The fourth-order valence-corrected chi connectivity index (χ4v) is 3.82. The van der Waals surface area contributed by atoms with Gasteiger partial charge in [0.25, 0.3) is 0 Å². The van der Waals surface area contributed by atoms with Crippen LogP contribution in [0.15, 0.2) is 11.3 Å². The molecule has 0 aromatic heterocycles. The van der Waals surface area contributed by atoms with Crippen LogP contribution in [0.25, 0.3) is 0 Å². The lowest BCUT2D eigenvalue weighted by molar-refractivity contribution is -0.144. The summed E-state index contributed by atoms with van der Waals surface area (Å²) in [6.07, 6.45) is 4.59. The number of aliphatic carboxylic acids is 1. The van der Waals surface area contributed by atoms with Crippen LogP contribution in [0.2, 0.25) is 0 Å². The van der Waals surface area contributed by atoms with Gasteiger partial charge in [-0.25, -0.2) is 4.79 Å². The molecule has 0 saturated heterocycles. The number of carboxylic acids is 1. The van der Waals surface area contributed by atoms with Crippen LogP contribution in [-0.4, -0.2) is 40.1 Å². The van der Waals surface area contributed by atoms with Crippen molar-refractivity contribution in [2.45, 2.75) is 50.7 Å². The molecule has 4 atom stereocenters. The number of aliphatic hydroxyl groups excluding tert-OH is 2. The number of allylic oxidation sites excluding steroid dienone is 1. The minimum Gasteiger partial charge on any atom is -0.479 e. The molecule has 0 heterocycles. The highest BCUT2D eigenvalue weighted by Gasteiger charge is 2.45. The van der Waals surface area contributed by atoms with Crippen LogP contribution >= 0.6 is 0 Å². The maximum Gasteiger partial charge on any atom is 0.332 e. The number of hydrogen-bond acceptors (Lipinski definition) is 5. The number of fused-ring (bicyclic) bond motifs is 1. The molecule has 3 aliphatic rings. The third kappa shape index (κ3) is 3.52. The van der Waals surface area contributed by atoms with E-state index in [2.05, 4.69) is 17.3 Å². The molecule has 0 aromatic carbocycles. The Balaban J connectivity index is 1.55. The van der Waals surface area contributed by atoms with Crippen LogP contribution in [0.5, 0.6) is 0 Å². The third-order valence-corrected chi connectivity index (χ3v) is 5.18. The molecule has 126 valence electrons. The smallest absolute Gasteiger partial charge is 0.332 e. The van der Waals surface area contributed by atoms with Gasteiger partial charge in [0.05, 0.1) is 12.0 Å². The van der Waals surface area contributed by atoms with Gasteiger partial charge in [-0.05, 0) is 37.2 Å². The molecule has 6 heteroatoms. The van der Waals surface area contributed by atoms with Gasteiger partial charge in [-0.15, -0.1) is 0 Å². The van der Waals surface area contributed by atoms with Crippen molar-refractivity contribution in [3.8, 4) is 11.8 Å². The molecular weight excluding hydrogens is 298 g/mol. The number of rotatable bonds is 5. The van der Waals surface area contributed by atoms with Gasteiger partial charge in [0.1, 0.15) is 6.10 Å². The molecule has 3 rings (SSSR count). The minimum atomic E-state index is -1.03. The first kappa shape index (κ1) is 16.3. The van der Waals surface area contributed by atoms with Crippen LogP contribution in [0.4, 0.5) is 0 Å². The molecule has 0 aliphatic heterocycles. The van der Waals surface area contributed by atoms with Crippen LogP contribution < -0.4 is 5.48 Å². The highest BCUT2D eigenvalue weighted by Crippen LogP contribution is 2.48. The van der Waals surface area contributed by atoms with Crippen molar-refractivity contribution < 1.29 is 25.0 Å². The van der Waals surface area contributed by atoms with Gasteiger partial charge in [0.2, 0.25) is 0 Å². The summed E-state index contributed by atoms with van der Waals surface area (Å²) in [7, 11) is 0. The van der Waals surface area contributed by atoms with E-state index >= 15 is 0 Å². The predicted octanol–water partition coefficient (Wildman–Crippen LogP) is 0.801. The number of aliphatic hydroxyl groups is 2. The van der Waals surface area contributed by atoms with Crippen LogP contribution in [0.1, 0.15) is 38.5 Å². The lowest BCUT2D eigenvalue weighted by atomic mass is 9.83. The van der Waals surface area contributed by atoms with Gasteiger partial charge in [-0.2, -0.15) is 0 Å². The van der Waals surface area contributed by atoms with Gasteiger partial charge in [-0.3, -0.25) is 10.3 Å². The summed E-state index contributed by atoms with van der Waals surface area (Å²) in [6.45, 7) is -0.402. The second kappa shape index (κ2) is 6.91. The molecular formula is C17H23NO5. The highest BCUT2D eigenvalue weighted by molar-refractivity contribution is 5.67. The van der Waals surface area contributed by atoms with E-state index in [-0.39, 0.29) is 17.8 Å². The molecule has 4 N–H and O–H groups in total. The maximum atomic E-state index is 10.4. The van der Waals surface area contributed by atoms with Crippen LogP contribution in [-0.2, 0) is 9.63 Å². The Bertz CT molecular complexity index is 555. The zero-order valence-corrected chi connectivity index (χ0v) is 13.0. The van der Waals surface area contributed by atoms with Crippen molar-refractivity contribution in [3.63, 3.8) is 0 Å². The molecule has 3 aliphatic carbocycles. The number of nitrogens with one attached hydrogen (secondary N) is 1. The Morgan fingerprint density at radius 3 is 2.78 bits per heavy atom. The first-order valence-corrected chi connectivity index (χ1v) is 8.25. The standard InChI is InChI=1S/C17H23NO5/c19-15(10-3-1-2-4-10)6-5-11-7-12-13(17(11)22)8-14(12)18-23-9-16(20)21/h10-11,13,15,17-19,22H,1-4,7-9H2,(H,20,21). The van der Waals surface area contributed by atoms with Gasteiger partial charge in [0, 0.05) is 11.6 Å². The van der Waals surface area contributed by atoms with Gasteiger partial charge >= 0.3 is 5.97 Å². The quantitative estimate of drug-likeness (QED) is 0.442. The van der Waals surface area contributed by atoms with Crippen molar-refractivity contribution in [2.24, 2.45) is 17.8 Å². The molecule has 2 saturated carbocycles. The molecule has 23 heavy (non-hydrogen) atoms. The monoisotopic (exact) mass is 321 g/mol.